The number of aromatic nitrogens is 1. The van der Waals surface area contributed by atoms with Gasteiger partial charge in [-0.2, -0.15) is 0 Å². The SMILES string of the molecule is Oc1ccc(CCN2CC3CN(Cc4ccccc4)CC3C2)nc1. The van der Waals surface area contributed by atoms with E-state index in [4.69, 9.17) is 0 Å². The molecule has 2 aliphatic heterocycles. The highest BCUT2D eigenvalue weighted by Gasteiger charge is 2.39. The number of nitrogens with zero attached hydrogens (tertiary/aromatic N) is 3. The van der Waals surface area contributed by atoms with Crippen LogP contribution in [0, 0.1) is 11.8 Å². The van der Waals surface area contributed by atoms with Crippen LogP contribution >= 0.6 is 0 Å². The van der Waals surface area contributed by atoms with Gasteiger partial charge in [0.15, 0.2) is 0 Å². The molecule has 0 amide bonds. The van der Waals surface area contributed by atoms with Crippen LogP contribution in [0.2, 0.25) is 0 Å². The number of fused-ring (bicyclic) bond motifs is 1. The van der Waals surface area contributed by atoms with Crippen LogP contribution < -0.4 is 0 Å². The van der Waals surface area contributed by atoms with Gasteiger partial charge in [-0.15, -0.1) is 0 Å². The van der Waals surface area contributed by atoms with Crippen molar-refractivity contribution in [3.05, 3.63) is 59.9 Å². The minimum absolute atomic E-state index is 0.243. The van der Waals surface area contributed by atoms with Crippen molar-refractivity contribution >= 4 is 0 Å². The van der Waals surface area contributed by atoms with Crippen LogP contribution in [-0.2, 0) is 13.0 Å². The number of aromatic hydroxyl groups is 1. The average Bonchev–Trinajstić information content (AvgIpc) is 3.13. The lowest BCUT2D eigenvalue weighted by atomic mass is 10.0. The van der Waals surface area contributed by atoms with Crippen LogP contribution in [0.1, 0.15) is 11.3 Å². The molecule has 126 valence electrons. The van der Waals surface area contributed by atoms with Gasteiger partial charge in [-0.05, 0) is 29.5 Å². The summed E-state index contributed by atoms with van der Waals surface area (Å²) < 4.78 is 0. The summed E-state index contributed by atoms with van der Waals surface area (Å²) in [5, 5.41) is 9.30. The molecule has 1 aromatic carbocycles. The molecular formula is C20H25N3O. The van der Waals surface area contributed by atoms with Crippen molar-refractivity contribution in [2.45, 2.75) is 13.0 Å². The Morgan fingerprint density at radius 1 is 0.917 bits per heavy atom. The topological polar surface area (TPSA) is 39.6 Å². The van der Waals surface area contributed by atoms with Crippen LogP contribution in [0.5, 0.6) is 5.75 Å². The molecule has 0 aliphatic carbocycles. The van der Waals surface area contributed by atoms with Gasteiger partial charge in [0, 0.05) is 51.4 Å². The van der Waals surface area contributed by atoms with E-state index in [9.17, 15) is 5.11 Å². The summed E-state index contributed by atoms with van der Waals surface area (Å²) in [7, 11) is 0. The lowest BCUT2D eigenvalue weighted by Gasteiger charge is -2.21. The monoisotopic (exact) mass is 323 g/mol. The van der Waals surface area contributed by atoms with E-state index >= 15 is 0 Å². The number of hydrogen-bond donors (Lipinski definition) is 1. The molecule has 24 heavy (non-hydrogen) atoms. The minimum Gasteiger partial charge on any atom is -0.506 e. The van der Waals surface area contributed by atoms with Gasteiger partial charge in [-0.25, -0.2) is 0 Å². The number of likely N-dealkylation sites (tertiary alicyclic amines) is 2. The van der Waals surface area contributed by atoms with E-state index in [1.807, 2.05) is 6.07 Å². The van der Waals surface area contributed by atoms with E-state index in [1.165, 1.54) is 37.9 Å². The molecule has 0 saturated carbocycles. The summed E-state index contributed by atoms with van der Waals surface area (Å²) in [4.78, 5) is 9.49. The normalized spacial score (nSPS) is 24.3. The molecule has 0 spiro atoms. The highest BCUT2D eigenvalue weighted by atomic mass is 16.3. The Labute approximate surface area is 143 Å². The Balaban J connectivity index is 1.25. The number of rotatable bonds is 5. The number of hydrogen-bond acceptors (Lipinski definition) is 4. The van der Waals surface area contributed by atoms with E-state index in [0.29, 0.717) is 0 Å². The first-order valence-electron chi connectivity index (χ1n) is 8.89. The van der Waals surface area contributed by atoms with Gasteiger partial charge >= 0.3 is 0 Å². The lowest BCUT2D eigenvalue weighted by Crippen LogP contribution is -2.30. The van der Waals surface area contributed by atoms with Gasteiger partial charge in [0.25, 0.3) is 0 Å². The highest BCUT2D eigenvalue weighted by molar-refractivity contribution is 5.18. The van der Waals surface area contributed by atoms with Crippen molar-refractivity contribution in [3.8, 4) is 5.75 Å². The molecule has 0 radical (unpaired) electrons. The van der Waals surface area contributed by atoms with E-state index < -0.39 is 0 Å². The molecule has 4 nitrogen and oxygen atoms in total. The van der Waals surface area contributed by atoms with Crippen LogP contribution in [0.3, 0.4) is 0 Å². The second-order valence-electron chi connectivity index (χ2n) is 7.22. The number of pyridine rings is 1. The third-order valence-corrected chi connectivity index (χ3v) is 5.38. The highest BCUT2D eigenvalue weighted by Crippen LogP contribution is 2.31. The van der Waals surface area contributed by atoms with Crippen molar-refractivity contribution < 1.29 is 5.11 Å². The second-order valence-corrected chi connectivity index (χ2v) is 7.22. The smallest absolute Gasteiger partial charge is 0.133 e. The zero-order valence-electron chi connectivity index (χ0n) is 14.0. The maximum atomic E-state index is 9.30. The van der Waals surface area contributed by atoms with E-state index in [2.05, 4.69) is 45.1 Å². The fraction of sp³-hybridized carbons (Fsp3) is 0.450. The molecule has 2 fully saturated rings. The molecule has 4 rings (SSSR count). The predicted octanol–water partition coefficient (Wildman–Crippen LogP) is 2.39. The second kappa shape index (κ2) is 6.91. The lowest BCUT2D eigenvalue weighted by molar-refractivity contribution is 0.252. The zero-order chi connectivity index (χ0) is 16.4. The predicted molar refractivity (Wildman–Crippen MR) is 94.7 cm³/mol. The standard InChI is InChI=1S/C20H25N3O/c24-20-7-6-19(21-10-20)8-9-22-12-17-14-23(15-18(17)13-22)11-16-4-2-1-3-5-16/h1-7,10,17-18,24H,8-9,11-15H2. The van der Waals surface area contributed by atoms with Gasteiger partial charge in [-0.3, -0.25) is 9.88 Å². The molecule has 4 heteroatoms. The fourth-order valence-corrected chi connectivity index (χ4v) is 4.18. The first kappa shape index (κ1) is 15.6. The van der Waals surface area contributed by atoms with Crippen molar-refractivity contribution in [2.24, 2.45) is 11.8 Å². The van der Waals surface area contributed by atoms with Gasteiger partial charge < -0.3 is 10.0 Å². The van der Waals surface area contributed by atoms with Crippen LogP contribution in [0.25, 0.3) is 0 Å². The molecule has 2 unspecified atom stereocenters. The van der Waals surface area contributed by atoms with Gasteiger partial charge in [0.05, 0.1) is 6.20 Å². The maximum absolute atomic E-state index is 9.30. The summed E-state index contributed by atoms with van der Waals surface area (Å²) in [5.74, 6) is 1.89. The van der Waals surface area contributed by atoms with Gasteiger partial charge in [-0.1, -0.05) is 30.3 Å². The molecule has 1 N–H and O–H groups in total. The summed E-state index contributed by atoms with van der Waals surface area (Å²) in [6, 6.07) is 14.5. The largest absolute Gasteiger partial charge is 0.506 e. The third-order valence-electron chi connectivity index (χ3n) is 5.38. The molecule has 2 atom stereocenters. The van der Waals surface area contributed by atoms with Crippen LogP contribution in [0.4, 0.5) is 0 Å². The molecule has 2 saturated heterocycles. The van der Waals surface area contributed by atoms with Crippen molar-refractivity contribution in [1.29, 1.82) is 0 Å². The quantitative estimate of drug-likeness (QED) is 0.917. The Bertz CT molecular complexity index is 644. The molecule has 2 aromatic rings. The third kappa shape index (κ3) is 3.60. The Morgan fingerprint density at radius 3 is 2.29 bits per heavy atom. The van der Waals surface area contributed by atoms with Gasteiger partial charge in [0.2, 0.25) is 0 Å². The van der Waals surface area contributed by atoms with Crippen LogP contribution in [0.15, 0.2) is 48.7 Å². The fourth-order valence-electron chi connectivity index (χ4n) is 4.18. The number of benzene rings is 1. The Hall–Kier alpha value is -1.91. The first-order valence-corrected chi connectivity index (χ1v) is 8.89. The molecule has 2 aliphatic rings. The molecule has 3 heterocycles. The van der Waals surface area contributed by atoms with Crippen molar-refractivity contribution in [2.75, 3.05) is 32.7 Å². The van der Waals surface area contributed by atoms with Crippen molar-refractivity contribution in [3.63, 3.8) is 0 Å². The molecular weight excluding hydrogens is 298 g/mol. The Kier molecular flexibility index (Phi) is 4.50. The molecule has 1 aromatic heterocycles. The average molecular weight is 323 g/mol. The zero-order valence-corrected chi connectivity index (χ0v) is 14.0. The maximum Gasteiger partial charge on any atom is 0.133 e. The Morgan fingerprint density at radius 2 is 1.62 bits per heavy atom. The van der Waals surface area contributed by atoms with Crippen LogP contribution in [-0.4, -0.2) is 52.6 Å². The molecule has 0 bridgehead atoms. The summed E-state index contributed by atoms with van der Waals surface area (Å²) in [6.07, 6.45) is 2.50. The minimum atomic E-state index is 0.243. The summed E-state index contributed by atoms with van der Waals surface area (Å²) in [5.41, 5.74) is 2.49. The van der Waals surface area contributed by atoms with E-state index in [1.54, 1.807) is 6.07 Å². The summed E-state index contributed by atoms with van der Waals surface area (Å²) >= 11 is 0. The summed E-state index contributed by atoms with van der Waals surface area (Å²) in [6.45, 7) is 7.05. The van der Waals surface area contributed by atoms with E-state index in [-0.39, 0.29) is 5.75 Å². The first-order chi connectivity index (χ1) is 11.8. The van der Waals surface area contributed by atoms with E-state index in [0.717, 1.165) is 37.0 Å². The van der Waals surface area contributed by atoms with Gasteiger partial charge in [0.1, 0.15) is 5.75 Å². The van der Waals surface area contributed by atoms with Crippen molar-refractivity contribution in [1.82, 2.24) is 14.8 Å².